The average Bonchev–Trinajstić information content (AvgIpc) is 3.56. The molecule has 210 valence electrons. The molecule has 4 amide bonds. The van der Waals surface area contributed by atoms with Crippen molar-refractivity contribution in [3.8, 4) is 5.75 Å². The van der Waals surface area contributed by atoms with Crippen LogP contribution in [-0.4, -0.2) is 53.5 Å². The molecule has 3 rings (SSSR count). The zero-order valence-electron chi connectivity index (χ0n) is 23.3. The second kappa shape index (κ2) is 12.2. The highest BCUT2D eigenvalue weighted by atomic mass is 16.6. The summed E-state index contributed by atoms with van der Waals surface area (Å²) in [5, 5.41) is 5.41. The zero-order valence-corrected chi connectivity index (χ0v) is 23.3. The maximum atomic E-state index is 14.1. The Morgan fingerprint density at radius 3 is 2.26 bits per heavy atom. The third-order valence-corrected chi connectivity index (χ3v) is 6.32. The summed E-state index contributed by atoms with van der Waals surface area (Å²) in [4.78, 5) is 54.0. The van der Waals surface area contributed by atoms with Crippen LogP contribution in [0.15, 0.2) is 48.5 Å². The fourth-order valence-corrected chi connectivity index (χ4v) is 4.37. The Morgan fingerprint density at radius 1 is 1.10 bits per heavy atom. The molecule has 0 bridgehead atoms. The first-order chi connectivity index (χ1) is 18.3. The Morgan fingerprint density at radius 2 is 1.74 bits per heavy atom. The number of nitrogens with one attached hydrogen (secondary N) is 2. The third kappa shape index (κ3) is 8.20. The summed E-state index contributed by atoms with van der Waals surface area (Å²) in [6.07, 6.45) is -0.642. The molecule has 0 aliphatic heterocycles. The Hall–Kier alpha value is -4.08. The number of nitrogens with zero attached hydrogens (tertiary/aromatic N) is 1. The number of hydrogen-bond acceptors (Lipinski definition) is 6. The third-order valence-electron chi connectivity index (χ3n) is 6.32. The summed E-state index contributed by atoms with van der Waals surface area (Å²) in [5.41, 5.74) is 6.67. The van der Waals surface area contributed by atoms with Crippen molar-refractivity contribution in [2.24, 2.45) is 11.7 Å². The smallest absolute Gasteiger partial charge is 0.408 e. The molecule has 39 heavy (non-hydrogen) atoms. The van der Waals surface area contributed by atoms with Gasteiger partial charge in [0.15, 0.2) is 0 Å². The molecule has 1 saturated carbocycles. The van der Waals surface area contributed by atoms with Gasteiger partial charge in [-0.3, -0.25) is 14.4 Å². The second-order valence-corrected chi connectivity index (χ2v) is 10.9. The SMILES string of the molecule is COc1ccc(NC(=O)C(c2cccc(C)c2)N(C(=O)C(CC(N)=O)NC(=O)OC(C)(C)C)C2CC2C)cc1. The van der Waals surface area contributed by atoms with E-state index in [1.54, 1.807) is 58.2 Å². The number of primary amides is 1. The summed E-state index contributed by atoms with van der Waals surface area (Å²) >= 11 is 0. The fraction of sp³-hybridized carbons (Fsp3) is 0.448. The van der Waals surface area contributed by atoms with Crippen molar-refractivity contribution in [1.29, 1.82) is 0 Å². The quantitative estimate of drug-likeness (QED) is 0.422. The van der Waals surface area contributed by atoms with Gasteiger partial charge in [0.05, 0.1) is 13.5 Å². The van der Waals surface area contributed by atoms with Crippen LogP contribution in [0.1, 0.15) is 57.7 Å². The van der Waals surface area contributed by atoms with E-state index in [0.717, 1.165) is 5.56 Å². The average molecular weight is 539 g/mol. The number of hydrogen-bond donors (Lipinski definition) is 3. The van der Waals surface area contributed by atoms with Gasteiger partial charge in [0.2, 0.25) is 11.8 Å². The topological polar surface area (TPSA) is 140 Å². The highest BCUT2D eigenvalue weighted by Crippen LogP contribution is 2.41. The first kappa shape index (κ1) is 29.5. The van der Waals surface area contributed by atoms with Crippen molar-refractivity contribution in [3.05, 3.63) is 59.7 Å². The number of ether oxygens (including phenoxy) is 2. The number of anilines is 1. The summed E-state index contributed by atoms with van der Waals surface area (Å²) < 4.78 is 10.5. The molecule has 0 radical (unpaired) electrons. The van der Waals surface area contributed by atoms with Crippen LogP contribution in [0, 0.1) is 12.8 Å². The lowest BCUT2D eigenvalue weighted by Gasteiger charge is -2.35. The van der Waals surface area contributed by atoms with Crippen LogP contribution < -0.4 is 21.1 Å². The molecule has 1 fully saturated rings. The van der Waals surface area contributed by atoms with E-state index in [4.69, 9.17) is 15.2 Å². The molecular formula is C29H38N4O6. The number of amides is 4. The number of benzene rings is 2. The lowest BCUT2D eigenvalue weighted by Crippen LogP contribution is -2.54. The maximum absolute atomic E-state index is 14.1. The van der Waals surface area contributed by atoms with E-state index in [-0.39, 0.29) is 12.0 Å². The van der Waals surface area contributed by atoms with E-state index in [2.05, 4.69) is 10.6 Å². The molecule has 10 nitrogen and oxygen atoms in total. The fourth-order valence-electron chi connectivity index (χ4n) is 4.37. The molecule has 10 heteroatoms. The largest absolute Gasteiger partial charge is 0.497 e. The summed E-state index contributed by atoms with van der Waals surface area (Å²) in [6.45, 7) is 8.94. The summed E-state index contributed by atoms with van der Waals surface area (Å²) in [5.74, 6) is -1.05. The zero-order chi connectivity index (χ0) is 28.9. The Kier molecular flexibility index (Phi) is 9.21. The molecule has 0 saturated heterocycles. The van der Waals surface area contributed by atoms with Gasteiger partial charge in [-0.15, -0.1) is 0 Å². The standard InChI is InChI=1S/C29H38N4O6/c1-17-8-7-9-19(14-17)25(26(35)31-20-10-12-21(38-6)13-11-20)33(23-15-18(23)2)27(36)22(16-24(30)34)32-28(37)39-29(3,4)5/h7-14,18,22-23,25H,15-16H2,1-6H3,(H2,30,34)(H,31,35)(H,32,37). The molecule has 4 N–H and O–H groups in total. The molecule has 4 unspecified atom stereocenters. The summed E-state index contributed by atoms with van der Waals surface area (Å²) in [6, 6.07) is 11.6. The first-order valence-electron chi connectivity index (χ1n) is 12.9. The van der Waals surface area contributed by atoms with Crippen molar-refractivity contribution in [2.45, 2.75) is 71.2 Å². The van der Waals surface area contributed by atoms with Gasteiger partial charge in [-0.2, -0.15) is 0 Å². The van der Waals surface area contributed by atoms with Gasteiger partial charge in [-0.05, 0) is 69.9 Å². The van der Waals surface area contributed by atoms with Crippen molar-refractivity contribution < 1.29 is 28.7 Å². The van der Waals surface area contributed by atoms with Crippen LogP contribution in [0.2, 0.25) is 0 Å². The van der Waals surface area contributed by atoms with Crippen LogP contribution in [-0.2, 0) is 19.1 Å². The lowest BCUT2D eigenvalue weighted by atomic mass is 9.99. The molecule has 0 heterocycles. The van der Waals surface area contributed by atoms with Crippen molar-refractivity contribution >= 4 is 29.5 Å². The van der Waals surface area contributed by atoms with E-state index < -0.39 is 47.9 Å². The molecule has 0 aromatic heterocycles. The minimum Gasteiger partial charge on any atom is -0.497 e. The van der Waals surface area contributed by atoms with Crippen molar-refractivity contribution in [3.63, 3.8) is 0 Å². The molecular weight excluding hydrogens is 500 g/mol. The second-order valence-electron chi connectivity index (χ2n) is 10.9. The van der Waals surface area contributed by atoms with E-state index in [9.17, 15) is 19.2 Å². The van der Waals surface area contributed by atoms with Crippen LogP contribution in [0.4, 0.5) is 10.5 Å². The Balaban J connectivity index is 2.01. The van der Waals surface area contributed by atoms with Gasteiger partial charge in [0.1, 0.15) is 23.4 Å². The van der Waals surface area contributed by atoms with Gasteiger partial charge in [0, 0.05) is 11.7 Å². The minimum atomic E-state index is -1.31. The number of aryl methyl sites for hydroxylation is 1. The number of carbonyl (C=O) groups is 4. The van der Waals surface area contributed by atoms with Crippen LogP contribution in [0.5, 0.6) is 5.75 Å². The van der Waals surface area contributed by atoms with Gasteiger partial charge in [-0.1, -0.05) is 36.8 Å². The Bertz CT molecular complexity index is 1210. The highest BCUT2D eigenvalue weighted by Gasteiger charge is 2.48. The van der Waals surface area contributed by atoms with Gasteiger partial charge in [0.25, 0.3) is 5.91 Å². The number of nitrogens with two attached hydrogens (primary N) is 1. The first-order valence-corrected chi connectivity index (χ1v) is 12.9. The van der Waals surface area contributed by atoms with Crippen LogP contribution >= 0.6 is 0 Å². The predicted octanol–water partition coefficient (Wildman–Crippen LogP) is 3.69. The number of methoxy groups -OCH3 is 1. The number of alkyl carbamates (subject to hydrolysis) is 1. The van der Waals surface area contributed by atoms with Crippen LogP contribution in [0.3, 0.4) is 0 Å². The van der Waals surface area contributed by atoms with Gasteiger partial charge in [-0.25, -0.2) is 4.79 Å². The van der Waals surface area contributed by atoms with Gasteiger partial charge < -0.3 is 30.7 Å². The number of rotatable bonds is 10. The maximum Gasteiger partial charge on any atom is 0.408 e. The van der Waals surface area contributed by atoms with Crippen molar-refractivity contribution in [1.82, 2.24) is 10.2 Å². The van der Waals surface area contributed by atoms with E-state index in [1.807, 2.05) is 32.0 Å². The Labute approximate surface area is 229 Å². The normalized spacial score (nSPS) is 17.8. The van der Waals surface area contributed by atoms with E-state index in [0.29, 0.717) is 23.4 Å². The lowest BCUT2D eigenvalue weighted by molar-refractivity contribution is -0.142. The predicted molar refractivity (Wildman–Crippen MR) is 147 cm³/mol. The molecule has 1 aliphatic carbocycles. The highest BCUT2D eigenvalue weighted by molar-refractivity contribution is 6.00. The number of carbonyl (C=O) groups excluding carboxylic acids is 4. The summed E-state index contributed by atoms with van der Waals surface area (Å²) in [7, 11) is 1.55. The molecule has 2 aromatic rings. The molecule has 1 aliphatic rings. The van der Waals surface area contributed by atoms with E-state index in [1.165, 1.54) is 4.90 Å². The van der Waals surface area contributed by atoms with Gasteiger partial charge >= 0.3 is 6.09 Å². The molecule has 0 spiro atoms. The van der Waals surface area contributed by atoms with Crippen molar-refractivity contribution in [2.75, 3.05) is 12.4 Å². The minimum absolute atomic E-state index is 0.116. The molecule has 4 atom stereocenters. The van der Waals surface area contributed by atoms with Crippen LogP contribution in [0.25, 0.3) is 0 Å². The molecule has 2 aromatic carbocycles. The van der Waals surface area contributed by atoms with E-state index >= 15 is 0 Å². The monoisotopic (exact) mass is 538 g/mol.